The van der Waals surface area contributed by atoms with Gasteiger partial charge in [-0.3, -0.25) is 14.6 Å². The van der Waals surface area contributed by atoms with Gasteiger partial charge in [-0.2, -0.15) is 4.39 Å². The predicted octanol–water partition coefficient (Wildman–Crippen LogP) is 7.10. The Balaban J connectivity index is 1.15. The molecule has 1 aliphatic heterocycles. The number of nitrogens with two attached hydrogens (primary N) is 1. The van der Waals surface area contributed by atoms with Gasteiger partial charge in [0.15, 0.2) is 11.6 Å². The van der Waals surface area contributed by atoms with Crippen molar-refractivity contribution in [2.75, 3.05) is 11.9 Å². The number of hydrogen-bond donors (Lipinski definition) is 5. The molecule has 2 aliphatic carbocycles. The average Bonchev–Trinajstić information content (AvgIpc) is 3.59. The molecule has 5 rings (SSSR count). The fourth-order valence-corrected chi connectivity index (χ4v) is 6.22. The number of aliphatic imine (C=N–C) groups is 1. The zero-order valence-corrected chi connectivity index (χ0v) is 29.6. The van der Waals surface area contributed by atoms with Gasteiger partial charge in [0.2, 0.25) is 11.7 Å². The van der Waals surface area contributed by atoms with Crippen LogP contribution in [0.4, 0.5) is 14.5 Å². The van der Waals surface area contributed by atoms with E-state index in [1.165, 1.54) is 18.2 Å². The summed E-state index contributed by atoms with van der Waals surface area (Å²) in [6.07, 6.45) is 19.5. The van der Waals surface area contributed by atoms with E-state index in [1.54, 1.807) is 24.4 Å². The number of rotatable bonds is 17. The molecular formula is C41H46F2N6O3. The van der Waals surface area contributed by atoms with Gasteiger partial charge >= 0.3 is 0 Å². The molecule has 272 valence electrons. The third-order valence-corrected chi connectivity index (χ3v) is 9.16. The first-order valence-corrected chi connectivity index (χ1v) is 17.7. The number of fused-ring (bicyclic) bond motifs is 1. The van der Waals surface area contributed by atoms with Crippen molar-refractivity contribution in [3.05, 3.63) is 126 Å². The van der Waals surface area contributed by atoms with E-state index in [4.69, 9.17) is 15.9 Å². The number of nitrogens with zero attached hydrogens (tertiary/aromatic N) is 1. The van der Waals surface area contributed by atoms with E-state index in [9.17, 15) is 9.59 Å². The van der Waals surface area contributed by atoms with Crippen LogP contribution < -0.4 is 26.4 Å². The number of aryl methyl sites for hydroxylation is 1. The zero-order valence-electron chi connectivity index (χ0n) is 29.6. The highest BCUT2D eigenvalue weighted by molar-refractivity contribution is 6.14. The van der Waals surface area contributed by atoms with Crippen LogP contribution >= 0.6 is 0 Å². The Labute approximate surface area is 303 Å². The highest BCUT2D eigenvalue weighted by Gasteiger charge is 2.31. The summed E-state index contributed by atoms with van der Waals surface area (Å²) < 4.78 is 36.3. The Morgan fingerprint density at radius 1 is 1.13 bits per heavy atom. The van der Waals surface area contributed by atoms with E-state index in [2.05, 4.69) is 27.5 Å². The maximum absolute atomic E-state index is 15.4. The van der Waals surface area contributed by atoms with Gasteiger partial charge in [-0.1, -0.05) is 50.3 Å². The molecule has 3 aliphatic rings. The molecule has 2 unspecified atom stereocenters. The number of amides is 2. The average molecular weight is 709 g/mol. The van der Waals surface area contributed by atoms with Crippen LogP contribution in [0.25, 0.3) is 5.57 Å². The summed E-state index contributed by atoms with van der Waals surface area (Å²) in [5.41, 5.74) is 10.6. The molecule has 0 saturated heterocycles. The maximum Gasteiger partial charge on any atom is 0.251 e. The maximum atomic E-state index is 15.4. The number of benzene rings is 2. The fourth-order valence-electron chi connectivity index (χ4n) is 6.22. The number of halogens is 2. The second-order valence-corrected chi connectivity index (χ2v) is 13.0. The van der Waals surface area contributed by atoms with Gasteiger partial charge in [0.05, 0.1) is 17.5 Å². The number of nitrogens with one attached hydrogen (secondary N) is 4. The van der Waals surface area contributed by atoms with Crippen molar-refractivity contribution >= 4 is 34.5 Å². The lowest BCUT2D eigenvalue weighted by atomic mass is 9.86. The minimum absolute atomic E-state index is 0.122. The number of hydrogen-bond acceptors (Lipinski definition) is 7. The quantitative estimate of drug-likeness (QED) is 0.0881. The molecule has 2 aromatic rings. The second-order valence-electron chi connectivity index (χ2n) is 13.0. The van der Waals surface area contributed by atoms with Crippen LogP contribution in [0.15, 0.2) is 102 Å². The van der Waals surface area contributed by atoms with Crippen LogP contribution in [0.1, 0.15) is 67.4 Å². The topological polar surface area (TPSA) is 142 Å². The lowest BCUT2D eigenvalue weighted by Gasteiger charge is -2.22. The van der Waals surface area contributed by atoms with E-state index in [-0.39, 0.29) is 47.7 Å². The molecule has 11 heteroatoms. The first-order chi connectivity index (χ1) is 25.1. The van der Waals surface area contributed by atoms with Crippen molar-refractivity contribution in [1.29, 1.82) is 5.41 Å². The summed E-state index contributed by atoms with van der Waals surface area (Å²) in [6, 6.07) is 7.45. The largest absolute Gasteiger partial charge is 0.483 e. The Morgan fingerprint density at radius 3 is 2.71 bits per heavy atom. The molecule has 9 nitrogen and oxygen atoms in total. The molecule has 0 fully saturated rings. The minimum atomic E-state index is -1.03. The molecule has 0 spiro atoms. The normalized spacial score (nSPS) is 18.4. The molecule has 0 saturated carbocycles. The monoisotopic (exact) mass is 708 g/mol. The summed E-state index contributed by atoms with van der Waals surface area (Å²) in [7, 11) is 0. The van der Waals surface area contributed by atoms with Crippen molar-refractivity contribution < 1.29 is 23.1 Å². The first-order valence-electron chi connectivity index (χ1n) is 17.7. The standard InChI is InChI=1S/C41H46F2N6O3/c1-4-26-22-28(18-19-30(26)40(50)48-25(3)23-47-41(51)34(45)16-10-9-12-27(44)5-2)49-35-17-11-15-32-33(24-46-39(32)35)31-20-21-36(38(43)37(31)42)52-29-13-7-6-8-14-29/h5-8,11,13,15,17-22,24-25,29,32,34,44,49H,2,4,9-10,12,14,16,23,45H2,1,3H3,(H,47,51)(H,48,50)/t25-,29?,32?,34-/m0/s1. The summed E-state index contributed by atoms with van der Waals surface area (Å²) in [5.74, 6) is -3.08. The van der Waals surface area contributed by atoms with Gasteiger partial charge in [-0.05, 0) is 92.3 Å². The van der Waals surface area contributed by atoms with Crippen molar-refractivity contribution in [3.63, 3.8) is 0 Å². The molecule has 0 radical (unpaired) electrons. The number of allylic oxidation sites excluding steroid dienone is 8. The van der Waals surface area contributed by atoms with E-state index >= 15 is 8.78 Å². The van der Waals surface area contributed by atoms with E-state index in [0.717, 1.165) is 24.1 Å². The van der Waals surface area contributed by atoms with Crippen LogP contribution in [0.3, 0.4) is 0 Å². The van der Waals surface area contributed by atoms with Gasteiger partial charge < -0.3 is 31.8 Å². The molecule has 4 atom stereocenters. The number of carbonyl (C=O) groups is 2. The number of carbonyl (C=O) groups excluding carboxylic acids is 2. The molecule has 1 heterocycles. The second kappa shape index (κ2) is 17.7. The van der Waals surface area contributed by atoms with Gasteiger partial charge in [0, 0.05) is 53.7 Å². The van der Waals surface area contributed by atoms with Gasteiger partial charge in [0.1, 0.15) is 6.10 Å². The summed E-state index contributed by atoms with van der Waals surface area (Å²) in [4.78, 5) is 30.3. The summed E-state index contributed by atoms with van der Waals surface area (Å²) >= 11 is 0. The fraction of sp³-hybridized carbons (Fsp3) is 0.317. The van der Waals surface area contributed by atoms with Crippen LogP contribution in [-0.2, 0) is 11.2 Å². The molecule has 6 N–H and O–H groups in total. The Hall–Kier alpha value is -5.42. The van der Waals surface area contributed by atoms with Crippen molar-refractivity contribution in [2.24, 2.45) is 16.6 Å². The zero-order chi connectivity index (χ0) is 37.2. The molecular weight excluding hydrogens is 662 g/mol. The minimum Gasteiger partial charge on any atom is -0.483 e. The van der Waals surface area contributed by atoms with Crippen molar-refractivity contribution in [2.45, 2.75) is 70.6 Å². The highest BCUT2D eigenvalue weighted by Crippen LogP contribution is 2.38. The van der Waals surface area contributed by atoms with E-state index in [1.807, 2.05) is 56.4 Å². The Kier molecular flexibility index (Phi) is 12.9. The molecule has 0 aromatic heterocycles. The van der Waals surface area contributed by atoms with E-state index < -0.39 is 17.7 Å². The third kappa shape index (κ3) is 9.27. The lowest BCUT2D eigenvalue weighted by Crippen LogP contribution is -2.47. The van der Waals surface area contributed by atoms with E-state index in [0.29, 0.717) is 53.9 Å². The number of unbranched alkanes of at least 4 members (excludes halogenated alkanes) is 1. The molecule has 2 aromatic carbocycles. The van der Waals surface area contributed by atoms with Gasteiger partial charge in [-0.25, -0.2) is 4.39 Å². The lowest BCUT2D eigenvalue weighted by molar-refractivity contribution is -0.122. The Morgan fingerprint density at radius 2 is 1.96 bits per heavy atom. The predicted molar refractivity (Wildman–Crippen MR) is 204 cm³/mol. The van der Waals surface area contributed by atoms with Crippen LogP contribution in [0, 0.1) is 23.0 Å². The highest BCUT2D eigenvalue weighted by atomic mass is 19.2. The number of anilines is 1. The van der Waals surface area contributed by atoms with Crippen LogP contribution in [0.2, 0.25) is 0 Å². The molecule has 2 amide bonds. The summed E-state index contributed by atoms with van der Waals surface area (Å²) in [5, 5.41) is 16.8. The molecule has 52 heavy (non-hydrogen) atoms. The first kappa shape index (κ1) is 37.8. The van der Waals surface area contributed by atoms with Crippen LogP contribution in [0.5, 0.6) is 5.75 Å². The third-order valence-electron chi connectivity index (χ3n) is 9.16. The molecule has 0 bridgehead atoms. The Bertz CT molecular complexity index is 1890. The van der Waals surface area contributed by atoms with Gasteiger partial charge in [-0.15, -0.1) is 0 Å². The number of ether oxygens (including phenoxy) is 1. The van der Waals surface area contributed by atoms with Crippen molar-refractivity contribution in [1.82, 2.24) is 10.6 Å². The van der Waals surface area contributed by atoms with Crippen molar-refractivity contribution in [3.8, 4) is 5.75 Å². The van der Waals surface area contributed by atoms with Crippen LogP contribution in [-0.4, -0.2) is 48.0 Å². The smallest absolute Gasteiger partial charge is 0.251 e. The van der Waals surface area contributed by atoms with Gasteiger partial charge in [0.25, 0.3) is 5.91 Å². The SMILES string of the molecule is C=CC(=N)CCCC[C@H](N)C(=O)NC[C@H](C)NC(=O)c1ccc(NC2=CC=CC3C(c4ccc(OC5C=CC=CC5)c(F)c4F)=CN=C23)cc1CC. The summed E-state index contributed by atoms with van der Waals surface area (Å²) in [6.45, 7) is 7.58.